The molecule has 164 valence electrons. The van der Waals surface area contributed by atoms with E-state index in [1.807, 2.05) is 35.2 Å². The highest BCUT2D eigenvalue weighted by atomic mass is 32.1. The Balaban J connectivity index is 1.29. The van der Waals surface area contributed by atoms with Gasteiger partial charge in [0.1, 0.15) is 5.01 Å². The fraction of sp³-hybridized carbons (Fsp3) is 0.409. The number of benzene rings is 1. The molecule has 1 aliphatic rings. The van der Waals surface area contributed by atoms with Crippen LogP contribution in [0.1, 0.15) is 16.1 Å². The summed E-state index contributed by atoms with van der Waals surface area (Å²) in [5.41, 5.74) is 0.989. The SMILES string of the molecule is COCCCNC(=O)CN1CCN(C(=O)c2ccc(-c3nc4ccccc4s3)s2)CC1. The molecule has 1 saturated heterocycles. The maximum absolute atomic E-state index is 13.0. The number of hydrogen-bond acceptors (Lipinski definition) is 7. The van der Waals surface area contributed by atoms with Crippen LogP contribution >= 0.6 is 22.7 Å². The lowest BCUT2D eigenvalue weighted by Gasteiger charge is -2.34. The number of carbonyl (C=O) groups excluding carboxylic acids is 2. The number of hydrogen-bond donors (Lipinski definition) is 1. The number of amides is 2. The lowest BCUT2D eigenvalue weighted by Crippen LogP contribution is -2.51. The summed E-state index contributed by atoms with van der Waals surface area (Å²) in [7, 11) is 1.65. The van der Waals surface area contributed by atoms with Crippen LogP contribution in [0.2, 0.25) is 0 Å². The number of ether oxygens (including phenoxy) is 1. The van der Waals surface area contributed by atoms with Crippen molar-refractivity contribution in [3.05, 3.63) is 41.3 Å². The molecular weight excluding hydrogens is 432 g/mol. The van der Waals surface area contributed by atoms with Gasteiger partial charge in [-0.1, -0.05) is 12.1 Å². The molecule has 0 spiro atoms. The average molecular weight is 459 g/mol. The molecule has 3 aromatic rings. The Kier molecular flexibility index (Phi) is 7.29. The van der Waals surface area contributed by atoms with E-state index in [9.17, 15) is 9.59 Å². The molecule has 7 nitrogen and oxygen atoms in total. The van der Waals surface area contributed by atoms with Crippen molar-refractivity contribution in [2.75, 3.05) is 53.0 Å². The highest BCUT2D eigenvalue weighted by Crippen LogP contribution is 2.34. The smallest absolute Gasteiger partial charge is 0.264 e. The second kappa shape index (κ2) is 10.3. The van der Waals surface area contributed by atoms with Crippen LogP contribution in [0.25, 0.3) is 20.1 Å². The molecule has 0 radical (unpaired) electrons. The third-order valence-corrected chi connectivity index (χ3v) is 7.47. The van der Waals surface area contributed by atoms with Gasteiger partial charge in [0, 0.05) is 46.4 Å². The lowest BCUT2D eigenvalue weighted by atomic mass is 10.3. The van der Waals surface area contributed by atoms with E-state index < -0.39 is 0 Å². The Bertz CT molecular complexity index is 1010. The summed E-state index contributed by atoms with van der Waals surface area (Å²) in [6, 6.07) is 12.0. The zero-order chi connectivity index (χ0) is 21.6. The Hall–Kier alpha value is -2.33. The topological polar surface area (TPSA) is 74.8 Å². The monoisotopic (exact) mass is 458 g/mol. The number of para-hydroxylation sites is 1. The van der Waals surface area contributed by atoms with Gasteiger partial charge in [-0.15, -0.1) is 22.7 Å². The highest BCUT2D eigenvalue weighted by Gasteiger charge is 2.24. The van der Waals surface area contributed by atoms with Crippen molar-refractivity contribution in [2.24, 2.45) is 0 Å². The van der Waals surface area contributed by atoms with Gasteiger partial charge in [-0.3, -0.25) is 14.5 Å². The minimum absolute atomic E-state index is 0.0228. The summed E-state index contributed by atoms with van der Waals surface area (Å²) < 4.78 is 6.13. The molecule has 0 saturated carbocycles. The maximum Gasteiger partial charge on any atom is 0.264 e. The first kappa shape index (κ1) is 21.9. The number of nitrogens with zero attached hydrogens (tertiary/aromatic N) is 3. The van der Waals surface area contributed by atoms with E-state index >= 15 is 0 Å². The van der Waals surface area contributed by atoms with Crippen molar-refractivity contribution in [3.63, 3.8) is 0 Å². The van der Waals surface area contributed by atoms with E-state index in [4.69, 9.17) is 4.74 Å². The molecule has 2 amide bonds. The summed E-state index contributed by atoms with van der Waals surface area (Å²) in [6.07, 6.45) is 0.810. The normalized spacial score (nSPS) is 14.8. The first-order valence-corrected chi connectivity index (χ1v) is 12.0. The Labute approximate surface area is 189 Å². The number of nitrogens with one attached hydrogen (secondary N) is 1. The van der Waals surface area contributed by atoms with E-state index in [1.54, 1.807) is 18.4 Å². The van der Waals surface area contributed by atoms with Gasteiger partial charge in [0.2, 0.25) is 5.91 Å². The van der Waals surface area contributed by atoms with Crippen LogP contribution in [0, 0.1) is 0 Å². The molecule has 9 heteroatoms. The van der Waals surface area contributed by atoms with Crippen molar-refractivity contribution in [1.82, 2.24) is 20.1 Å². The molecule has 31 heavy (non-hydrogen) atoms. The molecule has 1 aromatic carbocycles. The Morgan fingerprint density at radius 3 is 2.68 bits per heavy atom. The van der Waals surface area contributed by atoms with Gasteiger partial charge in [0.15, 0.2) is 0 Å². The van der Waals surface area contributed by atoms with Crippen LogP contribution in [0.3, 0.4) is 0 Å². The number of methoxy groups -OCH3 is 1. The Morgan fingerprint density at radius 2 is 1.90 bits per heavy atom. The predicted octanol–water partition coefficient (Wildman–Crippen LogP) is 2.94. The number of piperazine rings is 1. The number of carbonyl (C=O) groups is 2. The predicted molar refractivity (Wildman–Crippen MR) is 125 cm³/mol. The van der Waals surface area contributed by atoms with Crippen molar-refractivity contribution < 1.29 is 14.3 Å². The molecule has 0 bridgehead atoms. The first-order chi connectivity index (χ1) is 15.1. The molecule has 0 unspecified atom stereocenters. The molecule has 2 aromatic heterocycles. The van der Waals surface area contributed by atoms with Crippen molar-refractivity contribution in [1.29, 1.82) is 0 Å². The molecule has 1 fully saturated rings. The average Bonchev–Trinajstić information content (AvgIpc) is 3.44. The fourth-order valence-electron chi connectivity index (χ4n) is 3.51. The minimum Gasteiger partial charge on any atom is -0.385 e. The number of fused-ring (bicyclic) bond motifs is 1. The minimum atomic E-state index is 0.0228. The third kappa shape index (κ3) is 5.48. The van der Waals surface area contributed by atoms with Crippen molar-refractivity contribution in [2.45, 2.75) is 6.42 Å². The van der Waals surface area contributed by atoms with Crippen LogP contribution in [0.15, 0.2) is 36.4 Å². The standard InChI is InChI=1S/C22H26N4O3S2/c1-29-14-4-9-23-20(27)15-25-10-12-26(13-11-25)22(28)19-8-7-18(30-19)21-24-16-5-2-3-6-17(16)31-21/h2-3,5-8H,4,9-15H2,1H3,(H,23,27). The van der Waals surface area contributed by atoms with E-state index in [0.717, 1.165) is 31.4 Å². The van der Waals surface area contributed by atoms with Gasteiger partial charge >= 0.3 is 0 Å². The molecule has 3 heterocycles. The van der Waals surface area contributed by atoms with E-state index in [2.05, 4.69) is 21.3 Å². The van der Waals surface area contributed by atoms with E-state index in [-0.39, 0.29) is 11.8 Å². The second-order valence-corrected chi connectivity index (χ2v) is 9.53. The van der Waals surface area contributed by atoms with Crippen LogP contribution in [-0.2, 0) is 9.53 Å². The van der Waals surface area contributed by atoms with E-state index in [0.29, 0.717) is 45.9 Å². The lowest BCUT2D eigenvalue weighted by molar-refractivity contribution is -0.122. The first-order valence-electron chi connectivity index (χ1n) is 10.4. The van der Waals surface area contributed by atoms with Gasteiger partial charge in [0.25, 0.3) is 5.91 Å². The summed E-state index contributed by atoms with van der Waals surface area (Å²) in [5, 5.41) is 3.86. The highest BCUT2D eigenvalue weighted by molar-refractivity contribution is 7.26. The van der Waals surface area contributed by atoms with Crippen LogP contribution in [0.4, 0.5) is 0 Å². The third-order valence-electron chi connectivity index (χ3n) is 5.20. The van der Waals surface area contributed by atoms with E-state index in [1.165, 1.54) is 11.3 Å². The fourth-order valence-corrected chi connectivity index (χ4v) is 5.51. The quantitative estimate of drug-likeness (QED) is 0.526. The number of aromatic nitrogens is 1. The van der Waals surface area contributed by atoms with Gasteiger partial charge in [-0.05, 0) is 30.7 Å². The van der Waals surface area contributed by atoms with Crippen molar-refractivity contribution in [3.8, 4) is 9.88 Å². The molecule has 4 rings (SSSR count). The van der Waals surface area contributed by atoms with Crippen LogP contribution < -0.4 is 5.32 Å². The largest absolute Gasteiger partial charge is 0.385 e. The number of thiophene rings is 1. The zero-order valence-electron chi connectivity index (χ0n) is 17.5. The zero-order valence-corrected chi connectivity index (χ0v) is 19.1. The molecule has 0 aliphatic carbocycles. The van der Waals surface area contributed by atoms with Gasteiger partial charge in [-0.2, -0.15) is 0 Å². The Morgan fingerprint density at radius 1 is 1.10 bits per heavy atom. The molecule has 0 atom stereocenters. The van der Waals surface area contributed by atoms with Crippen LogP contribution in [-0.4, -0.2) is 79.6 Å². The summed E-state index contributed by atoms with van der Waals surface area (Å²) in [5.74, 6) is 0.0793. The van der Waals surface area contributed by atoms with Gasteiger partial charge in [-0.25, -0.2) is 4.98 Å². The summed E-state index contributed by atoms with van der Waals surface area (Å²) >= 11 is 3.14. The second-order valence-electron chi connectivity index (χ2n) is 7.42. The summed E-state index contributed by atoms with van der Waals surface area (Å²) in [6.45, 7) is 4.30. The van der Waals surface area contributed by atoms with Crippen LogP contribution in [0.5, 0.6) is 0 Å². The van der Waals surface area contributed by atoms with Gasteiger partial charge < -0.3 is 15.0 Å². The molecular formula is C22H26N4O3S2. The summed E-state index contributed by atoms with van der Waals surface area (Å²) in [4.78, 5) is 35.4. The maximum atomic E-state index is 13.0. The van der Waals surface area contributed by atoms with Crippen molar-refractivity contribution >= 4 is 44.7 Å². The molecule has 1 N–H and O–H groups in total. The number of rotatable bonds is 8. The van der Waals surface area contributed by atoms with Gasteiger partial charge in [0.05, 0.1) is 26.5 Å². The molecule has 1 aliphatic heterocycles. The number of thiazole rings is 1.